The predicted octanol–water partition coefficient (Wildman–Crippen LogP) is 1.74. The third kappa shape index (κ3) is 2.33. The monoisotopic (exact) mass is 245 g/mol. The lowest BCUT2D eigenvalue weighted by molar-refractivity contribution is -0.130. The molecule has 1 aromatic rings. The molecular weight excluding hydrogens is 230 g/mol. The van der Waals surface area contributed by atoms with E-state index in [1.807, 2.05) is 44.2 Å². The fourth-order valence-corrected chi connectivity index (χ4v) is 1.93. The molecule has 0 aliphatic carbocycles. The summed E-state index contributed by atoms with van der Waals surface area (Å²) in [5.74, 6) is 0.0329. The summed E-state index contributed by atoms with van der Waals surface area (Å²) in [7, 11) is 0. The van der Waals surface area contributed by atoms with E-state index < -0.39 is 11.8 Å². The molecule has 1 aliphatic rings. The van der Waals surface area contributed by atoms with Crippen molar-refractivity contribution in [2.75, 3.05) is 0 Å². The Hall–Kier alpha value is -1.94. The van der Waals surface area contributed by atoms with Gasteiger partial charge in [0.2, 0.25) is 5.78 Å². The second-order valence-electron chi connectivity index (χ2n) is 4.39. The molecule has 1 aromatic carbocycles. The summed E-state index contributed by atoms with van der Waals surface area (Å²) in [6.07, 6.45) is -0.0536. The number of allylic oxidation sites excluding steroid dienone is 1. The SMILES string of the molecule is CC(C)=C1OC(c2ccccc2)NC1C(=O)C=O. The molecule has 4 heteroatoms. The number of Topliss-reactive ketones (excluding diaryl/α,β-unsaturated/α-hetero) is 1. The van der Waals surface area contributed by atoms with Gasteiger partial charge in [0.15, 0.2) is 12.5 Å². The Labute approximate surface area is 106 Å². The quantitative estimate of drug-likeness (QED) is 0.651. The van der Waals surface area contributed by atoms with Crippen molar-refractivity contribution < 1.29 is 14.3 Å². The molecule has 1 fully saturated rings. The van der Waals surface area contributed by atoms with Crippen molar-refractivity contribution in [3.05, 3.63) is 47.2 Å². The Morgan fingerprint density at radius 3 is 2.50 bits per heavy atom. The van der Waals surface area contributed by atoms with Crippen LogP contribution >= 0.6 is 0 Å². The van der Waals surface area contributed by atoms with E-state index in [0.717, 1.165) is 11.1 Å². The van der Waals surface area contributed by atoms with Crippen LogP contribution in [0.2, 0.25) is 0 Å². The van der Waals surface area contributed by atoms with E-state index in [-0.39, 0.29) is 6.23 Å². The van der Waals surface area contributed by atoms with Crippen LogP contribution in [0.1, 0.15) is 25.6 Å². The summed E-state index contributed by atoms with van der Waals surface area (Å²) < 4.78 is 5.73. The number of hydrogen-bond acceptors (Lipinski definition) is 4. The van der Waals surface area contributed by atoms with E-state index in [1.165, 1.54) is 0 Å². The Bertz CT molecular complexity index is 489. The second kappa shape index (κ2) is 5.14. The number of aldehydes is 1. The lowest BCUT2D eigenvalue weighted by atomic mass is 10.1. The number of rotatable bonds is 3. The highest BCUT2D eigenvalue weighted by molar-refractivity contribution is 6.28. The van der Waals surface area contributed by atoms with E-state index in [2.05, 4.69) is 5.32 Å². The van der Waals surface area contributed by atoms with Crippen molar-refractivity contribution in [2.24, 2.45) is 0 Å². The van der Waals surface area contributed by atoms with Gasteiger partial charge < -0.3 is 4.74 Å². The molecule has 0 amide bonds. The molecule has 0 bridgehead atoms. The highest BCUT2D eigenvalue weighted by Crippen LogP contribution is 2.29. The molecule has 1 aliphatic heterocycles. The molecule has 1 N–H and O–H groups in total. The molecular formula is C14H15NO3. The van der Waals surface area contributed by atoms with Crippen molar-refractivity contribution in [3.8, 4) is 0 Å². The van der Waals surface area contributed by atoms with Crippen molar-refractivity contribution in [3.63, 3.8) is 0 Å². The summed E-state index contributed by atoms with van der Waals surface area (Å²) in [5, 5.41) is 3.03. The van der Waals surface area contributed by atoms with Gasteiger partial charge in [0.05, 0.1) is 0 Å². The smallest absolute Gasteiger partial charge is 0.219 e. The lowest BCUT2D eigenvalue weighted by Crippen LogP contribution is -2.34. The average Bonchev–Trinajstić information content (AvgIpc) is 2.84. The Morgan fingerprint density at radius 2 is 1.94 bits per heavy atom. The summed E-state index contributed by atoms with van der Waals surface area (Å²) in [6.45, 7) is 3.71. The summed E-state index contributed by atoms with van der Waals surface area (Å²) in [5.41, 5.74) is 1.82. The first kappa shape index (κ1) is 12.5. The summed E-state index contributed by atoms with van der Waals surface area (Å²) in [4.78, 5) is 22.2. The first-order chi connectivity index (χ1) is 8.63. The van der Waals surface area contributed by atoms with Gasteiger partial charge in [0.25, 0.3) is 0 Å². The zero-order chi connectivity index (χ0) is 13.1. The number of ether oxygens (including phenoxy) is 1. The minimum absolute atomic E-state index is 0.331. The van der Waals surface area contributed by atoms with E-state index >= 15 is 0 Å². The molecule has 94 valence electrons. The van der Waals surface area contributed by atoms with Crippen LogP contribution in [0.25, 0.3) is 0 Å². The molecule has 4 nitrogen and oxygen atoms in total. The van der Waals surface area contributed by atoms with Crippen LogP contribution in [-0.4, -0.2) is 18.1 Å². The maximum absolute atomic E-state index is 11.6. The van der Waals surface area contributed by atoms with E-state index in [1.54, 1.807) is 0 Å². The number of ketones is 1. The van der Waals surface area contributed by atoms with Crippen molar-refractivity contribution in [1.82, 2.24) is 5.32 Å². The van der Waals surface area contributed by atoms with Crippen molar-refractivity contribution in [1.29, 1.82) is 0 Å². The van der Waals surface area contributed by atoms with Crippen LogP contribution in [0.5, 0.6) is 0 Å². The molecule has 2 atom stereocenters. The Kier molecular flexibility index (Phi) is 3.58. The van der Waals surface area contributed by atoms with Crippen LogP contribution < -0.4 is 5.32 Å². The average molecular weight is 245 g/mol. The van der Waals surface area contributed by atoms with Gasteiger partial charge in [-0.25, -0.2) is 0 Å². The van der Waals surface area contributed by atoms with Gasteiger partial charge in [-0.3, -0.25) is 14.9 Å². The van der Waals surface area contributed by atoms with Crippen LogP contribution in [0.4, 0.5) is 0 Å². The number of hydrogen-bond donors (Lipinski definition) is 1. The maximum atomic E-state index is 11.6. The number of carbonyl (C=O) groups is 2. The number of carbonyl (C=O) groups excluding carboxylic acids is 2. The first-order valence-corrected chi connectivity index (χ1v) is 5.77. The molecule has 2 unspecified atom stereocenters. The minimum Gasteiger partial charge on any atom is -0.473 e. The number of nitrogens with one attached hydrogen (secondary N) is 1. The lowest BCUT2D eigenvalue weighted by Gasteiger charge is -2.10. The fraction of sp³-hybridized carbons (Fsp3) is 0.286. The molecule has 0 spiro atoms. The van der Waals surface area contributed by atoms with Crippen LogP contribution in [0, 0.1) is 0 Å². The van der Waals surface area contributed by atoms with Gasteiger partial charge in [-0.15, -0.1) is 0 Å². The van der Waals surface area contributed by atoms with Crippen LogP contribution in [0.3, 0.4) is 0 Å². The Balaban J connectivity index is 2.28. The number of benzene rings is 1. The molecule has 18 heavy (non-hydrogen) atoms. The zero-order valence-electron chi connectivity index (χ0n) is 10.3. The third-order valence-electron chi connectivity index (χ3n) is 2.82. The van der Waals surface area contributed by atoms with Crippen LogP contribution in [-0.2, 0) is 14.3 Å². The van der Waals surface area contributed by atoms with Crippen molar-refractivity contribution in [2.45, 2.75) is 26.1 Å². The topological polar surface area (TPSA) is 55.4 Å². The van der Waals surface area contributed by atoms with Gasteiger partial charge in [-0.2, -0.15) is 0 Å². The second-order valence-corrected chi connectivity index (χ2v) is 4.39. The highest BCUT2D eigenvalue weighted by atomic mass is 16.5. The standard InChI is InChI=1S/C14H15NO3/c1-9(2)13-12(11(17)8-16)15-14(18-13)10-6-4-3-5-7-10/h3-8,12,14-15H,1-2H3. The predicted molar refractivity (Wildman–Crippen MR) is 66.6 cm³/mol. The van der Waals surface area contributed by atoms with Gasteiger partial charge in [-0.05, 0) is 19.4 Å². The molecule has 2 rings (SSSR count). The maximum Gasteiger partial charge on any atom is 0.219 e. The van der Waals surface area contributed by atoms with Gasteiger partial charge in [0, 0.05) is 5.56 Å². The first-order valence-electron chi connectivity index (χ1n) is 5.77. The summed E-state index contributed by atoms with van der Waals surface area (Å²) in [6, 6.07) is 8.86. The van der Waals surface area contributed by atoms with Gasteiger partial charge in [0.1, 0.15) is 11.8 Å². The molecule has 0 aromatic heterocycles. The molecule has 0 saturated carbocycles. The summed E-state index contributed by atoms with van der Waals surface area (Å²) >= 11 is 0. The van der Waals surface area contributed by atoms with Gasteiger partial charge in [-0.1, -0.05) is 30.3 Å². The van der Waals surface area contributed by atoms with E-state index in [9.17, 15) is 9.59 Å². The largest absolute Gasteiger partial charge is 0.473 e. The molecule has 0 radical (unpaired) electrons. The Morgan fingerprint density at radius 1 is 1.28 bits per heavy atom. The third-order valence-corrected chi connectivity index (χ3v) is 2.82. The highest BCUT2D eigenvalue weighted by Gasteiger charge is 2.36. The molecule has 1 saturated heterocycles. The fourth-order valence-electron chi connectivity index (χ4n) is 1.93. The normalized spacial score (nSPS) is 22.4. The molecule has 1 heterocycles. The van der Waals surface area contributed by atoms with Crippen molar-refractivity contribution >= 4 is 12.1 Å². The minimum atomic E-state index is -0.669. The zero-order valence-corrected chi connectivity index (χ0v) is 10.3. The van der Waals surface area contributed by atoms with E-state index in [0.29, 0.717) is 12.0 Å². The van der Waals surface area contributed by atoms with E-state index in [4.69, 9.17) is 4.74 Å². The van der Waals surface area contributed by atoms with Crippen LogP contribution in [0.15, 0.2) is 41.7 Å². The van der Waals surface area contributed by atoms with Gasteiger partial charge >= 0.3 is 0 Å².